The molecule has 0 bridgehead atoms. The van der Waals surface area contributed by atoms with E-state index in [2.05, 4.69) is 10.3 Å². The van der Waals surface area contributed by atoms with Gasteiger partial charge >= 0.3 is 0 Å². The highest BCUT2D eigenvalue weighted by Crippen LogP contribution is 1.77. The van der Waals surface area contributed by atoms with Gasteiger partial charge in [0.25, 0.3) is 0 Å². The zero-order valence-electron chi connectivity index (χ0n) is 3.39. The van der Waals surface area contributed by atoms with Crippen LogP contribution in [0.5, 0.6) is 0 Å². The van der Waals surface area contributed by atoms with Crippen LogP contribution >= 0.6 is 0 Å². The van der Waals surface area contributed by atoms with Crippen molar-refractivity contribution in [2.45, 2.75) is 0 Å². The van der Waals surface area contributed by atoms with Crippen LogP contribution in [0.2, 0.25) is 0 Å². The fraction of sp³-hybridized carbons (Fsp3) is 0.667. The Hall–Kier alpha value is -0.730. The van der Waals surface area contributed by atoms with Gasteiger partial charge in [0.1, 0.15) is 0 Å². The summed E-state index contributed by atoms with van der Waals surface area (Å²) < 4.78 is 0. The fourth-order valence-corrected chi connectivity index (χ4v) is 0.379. The molecule has 0 aromatic rings. The molecule has 2 N–H and O–H groups in total. The van der Waals surface area contributed by atoms with Gasteiger partial charge in [-0.1, -0.05) is 0 Å². The second-order valence-corrected chi connectivity index (χ2v) is 1.12. The molecule has 0 aromatic heterocycles. The zero-order chi connectivity index (χ0) is 4.41. The summed E-state index contributed by atoms with van der Waals surface area (Å²) in [6.45, 7) is 1.57. The van der Waals surface area contributed by atoms with Gasteiger partial charge in [-0.05, 0) is 0 Å². The standard InChI is InChI=1S/C3H6N3/c4-3-5-1-2-6-3/h1-2H2,(H2,4,5). The molecule has 0 amide bonds. The van der Waals surface area contributed by atoms with Crippen LogP contribution in [0, 0.1) is 0 Å². The minimum atomic E-state index is 0.454. The van der Waals surface area contributed by atoms with Gasteiger partial charge < -0.3 is 5.73 Å². The predicted molar refractivity (Wildman–Crippen MR) is 23.5 cm³/mol. The summed E-state index contributed by atoms with van der Waals surface area (Å²) in [5.41, 5.74) is 5.12. The number of rotatable bonds is 0. The minimum Gasteiger partial charge on any atom is -0.368 e. The van der Waals surface area contributed by atoms with Crippen molar-refractivity contribution in [3.63, 3.8) is 0 Å². The van der Waals surface area contributed by atoms with Gasteiger partial charge in [0.2, 0.25) is 5.96 Å². The number of nitrogens with zero attached hydrogens (tertiary/aromatic N) is 2. The SMILES string of the molecule is NC1=NCC[N]1. The van der Waals surface area contributed by atoms with Crippen LogP contribution in [-0.2, 0) is 0 Å². The van der Waals surface area contributed by atoms with Gasteiger partial charge in [0.15, 0.2) is 0 Å². The van der Waals surface area contributed by atoms with Crippen LogP contribution in [-0.4, -0.2) is 19.0 Å². The summed E-state index contributed by atoms with van der Waals surface area (Å²) in [6, 6.07) is 0. The summed E-state index contributed by atoms with van der Waals surface area (Å²) in [5.74, 6) is 0.454. The molecule has 0 aliphatic carbocycles. The van der Waals surface area contributed by atoms with E-state index in [1.807, 2.05) is 0 Å². The Labute approximate surface area is 36.2 Å². The van der Waals surface area contributed by atoms with E-state index in [9.17, 15) is 0 Å². The first kappa shape index (κ1) is 3.46. The third-order valence-corrected chi connectivity index (χ3v) is 0.648. The first-order valence-corrected chi connectivity index (χ1v) is 1.87. The van der Waals surface area contributed by atoms with Crippen molar-refractivity contribution in [2.75, 3.05) is 13.1 Å². The third kappa shape index (κ3) is 0.429. The van der Waals surface area contributed by atoms with Crippen molar-refractivity contribution in [1.82, 2.24) is 5.32 Å². The zero-order valence-corrected chi connectivity index (χ0v) is 3.39. The average molecular weight is 84.1 g/mol. The Morgan fingerprint density at radius 1 is 1.50 bits per heavy atom. The topological polar surface area (TPSA) is 52.5 Å². The molecule has 0 saturated carbocycles. The number of nitrogens with two attached hydrogens (primary N) is 1. The monoisotopic (exact) mass is 84.1 g/mol. The molecule has 3 nitrogen and oxygen atoms in total. The highest BCUT2D eigenvalue weighted by atomic mass is 15.1. The second kappa shape index (κ2) is 1.16. The van der Waals surface area contributed by atoms with Crippen LogP contribution in [0.15, 0.2) is 4.99 Å². The minimum absolute atomic E-state index is 0.454. The number of hydrogen-bond acceptors (Lipinski definition) is 2. The molecule has 6 heavy (non-hydrogen) atoms. The lowest BCUT2D eigenvalue weighted by Crippen LogP contribution is -2.19. The second-order valence-electron chi connectivity index (χ2n) is 1.12. The fourth-order valence-electron chi connectivity index (χ4n) is 0.379. The van der Waals surface area contributed by atoms with E-state index >= 15 is 0 Å². The number of aliphatic imine (C=N–C) groups is 1. The van der Waals surface area contributed by atoms with E-state index in [4.69, 9.17) is 5.73 Å². The molecule has 33 valence electrons. The van der Waals surface area contributed by atoms with Crippen LogP contribution in [0.1, 0.15) is 0 Å². The van der Waals surface area contributed by atoms with E-state index in [1.54, 1.807) is 0 Å². The van der Waals surface area contributed by atoms with Gasteiger partial charge in [0, 0.05) is 0 Å². The van der Waals surface area contributed by atoms with Crippen molar-refractivity contribution < 1.29 is 0 Å². The lowest BCUT2D eigenvalue weighted by Gasteiger charge is -1.80. The quantitative estimate of drug-likeness (QED) is 0.398. The molecule has 0 saturated heterocycles. The van der Waals surface area contributed by atoms with Crippen molar-refractivity contribution in [1.29, 1.82) is 0 Å². The Balaban J connectivity index is 2.45. The molecule has 0 fully saturated rings. The first-order chi connectivity index (χ1) is 2.89. The third-order valence-electron chi connectivity index (χ3n) is 0.648. The maximum atomic E-state index is 5.12. The Bertz CT molecular complexity index is 76.1. The highest BCUT2D eigenvalue weighted by molar-refractivity contribution is 5.78. The lowest BCUT2D eigenvalue weighted by molar-refractivity contribution is 0.943. The maximum absolute atomic E-state index is 5.12. The maximum Gasteiger partial charge on any atom is 0.210 e. The van der Waals surface area contributed by atoms with Crippen LogP contribution in [0.25, 0.3) is 0 Å². The summed E-state index contributed by atoms with van der Waals surface area (Å²) in [7, 11) is 0. The molecule has 0 unspecified atom stereocenters. The first-order valence-electron chi connectivity index (χ1n) is 1.87. The highest BCUT2D eigenvalue weighted by Gasteiger charge is 1.97. The van der Waals surface area contributed by atoms with E-state index in [0.29, 0.717) is 5.96 Å². The molecule has 0 aromatic carbocycles. The van der Waals surface area contributed by atoms with E-state index < -0.39 is 0 Å². The summed E-state index contributed by atoms with van der Waals surface area (Å²) in [5, 5.41) is 3.76. The van der Waals surface area contributed by atoms with Crippen LogP contribution < -0.4 is 11.1 Å². The molecule has 3 heteroatoms. The van der Waals surface area contributed by atoms with Crippen molar-refractivity contribution in [2.24, 2.45) is 10.7 Å². The number of hydrogen-bond donors (Lipinski definition) is 1. The summed E-state index contributed by atoms with van der Waals surface area (Å²) in [4.78, 5) is 3.76. The van der Waals surface area contributed by atoms with Crippen LogP contribution in [0.4, 0.5) is 0 Å². The summed E-state index contributed by atoms with van der Waals surface area (Å²) >= 11 is 0. The molecule has 1 heterocycles. The number of guanidine groups is 1. The molecule has 1 aliphatic heterocycles. The predicted octanol–water partition coefficient (Wildman–Crippen LogP) is -1.08. The molecular weight excluding hydrogens is 78.1 g/mol. The van der Waals surface area contributed by atoms with Gasteiger partial charge in [-0.2, -0.15) is 0 Å². The van der Waals surface area contributed by atoms with Crippen molar-refractivity contribution in [3.8, 4) is 0 Å². The van der Waals surface area contributed by atoms with E-state index in [-0.39, 0.29) is 0 Å². The molecule has 0 atom stereocenters. The molecular formula is C3H6N3. The van der Waals surface area contributed by atoms with Gasteiger partial charge in [0.05, 0.1) is 13.1 Å². The Kier molecular flexibility index (Phi) is 0.670. The van der Waals surface area contributed by atoms with Crippen LogP contribution in [0.3, 0.4) is 0 Å². The van der Waals surface area contributed by atoms with Gasteiger partial charge in [-0.15, -0.1) is 0 Å². The average Bonchev–Trinajstić information content (AvgIpc) is 1.86. The Morgan fingerprint density at radius 3 is 2.50 bits per heavy atom. The molecule has 1 rings (SSSR count). The smallest absolute Gasteiger partial charge is 0.210 e. The molecule has 1 aliphatic rings. The molecule has 0 spiro atoms. The van der Waals surface area contributed by atoms with Crippen molar-refractivity contribution >= 4 is 5.96 Å². The van der Waals surface area contributed by atoms with Crippen molar-refractivity contribution in [3.05, 3.63) is 0 Å². The van der Waals surface area contributed by atoms with E-state index in [1.165, 1.54) is 0 Å². The van der Waals surface area contributed by atoms with E-state index in [0.717, 1.165) is 13.1 Å². The molecule has 1 radical (unpaired) electrons. The normalized spacial score (nSPS) is 19.7. The lowest BCUT2D eigenvalue weighted by atomic mass is 10.7. The Morgan fingerprint density at radius 2 is 2.33 bits per heavy atom. The largest absolute Gasteiger partial charge is 0.368 e. The summed E-state index contributed by atoms with van der Waals surface area (Å²) in [6.07, 6.45) is 0. The van der Waals surface area contributed by atoms with Gasteiger partial charge in [-0.3, -0.25) is 0 Å². The van der Waals surface area contributed by atoms with Gasteiger partial charge in [-0.25, -0.2) is 10.3 Å².